The van der Waals surface area contributed by atoms with E-state index in [1.54, 1.807) is 25.4 Å². The highest BCUT2D eigenvalue weighted by molar-refractivity contribution is 7.98. The van der Waals surface area contributed by atoms with E-state index >= 15 is 0 Å². The first-order chi connectivity index (χ1) is 14.7. The standard InChI is InChI=1S/C23H21FN4OS/c1-29-19-9-3-15(4-10-19)14-26-20-13-17(11-12-25-20)22-21(27-23(28-22)30-2)16-5-7-18(24)8-6-16/h3-13H,14H2,1-2H3,(H,25,26)(H,27,28). The van der Waals surface area contributed by atoms with Crippen molar-refractivity contribution < 1.29 is 9.13 Å². The molecule has 152 valence electrons. The number of halogens is 1. The Bertz CT molecular complexity index is 1130. The minimum atomic E-state index is -0.265. The summed E-state index contributed by atoms with van der Waals surface area (Å²) in [5, 5.41) is 4.15. The predicted molar refractivity (Wildman–Crippen MR) is 119 cm³/mol. The summed E-state index contributed by atoms with van der Waals surface area (Å²) in [6.45, 7) is 0.641. The van der Waals surface area contributed by atoms with Crippen LogP contribution in [0.5, 0.6) is 5.75 Å². The molecule has 0 aliphatic heterocycles. The molecule has 30 heavy (non-hydrogen) atoms. The third kappa shape index (κ3) is 4.46. The number of hydrogen-bond acceptors (Lipinski definition) is 5. The summed E-state index contributed by atoms with van der Waals surface area (Å²) in [7, 11) is 1.65. The number of pyridine rings is 1. The first-order valence-electron chi connectivity index (χ1n) is 9.39. The minimum Gasteiger partial charge on any atom is -0.497 e. The Balaban J connectivity index is 1.60. The van der Waals surface area contributed by atoms with Crippen LogP contribution in [-0.2, 0) is 6.54 Å². The Labute approximate surface area is 178 Å². The molecule has 0 amide bonds. The lowest BCUT2D eigenvalue weighted by Crippen LogP contribution is -2.01. The number of thioether (sulfide) groups is 1. The molecular weight excluding hydrogens is 399 g/mol. The Morgan fingerprint density at radius 3 is 2.50 bits per heavy atom. The summed E-state index contributed by atoms with van der Waals surface area (Å²) in [6.07, 6.45) is 3.72. The molecule has 0 unspecified atom stereocenters. The van der Waals surface area contributed by atoms with Crippen molar-refractivity contribution in [1.29, 1.82) is 0 Å². The van der Waals surface area contributed by atoms with Crippen LogP contribution in [-0.4, -0.2) is 28.3 Å². The van der Waals surface area contributed by atoms with Crippen molar-refractivity contribution in [3.63, 3.8) is 0 Å². The van der Waals surface area contributed by atoms with Crippen molar-refractivity contribution >= 4 is 17.6 Å². The van der Waals surface area contributed by atoms with E-state index in [2.05, 4.69) is 15.3 Å². The fraction of sp³-hybridized carbons (Fsp3) is 0.130. The van der Waals surface area contributed by atoms with E-state index in [1.807, 2.05) is 42.7 Å². The fourth-order valence-electron chi connectivity index (χ4n) is 3.09. The zero-order valence-electron chi connectivity index (χ0n) is 16.6. The Morgan fingerprint density at radius 2 is 1.80 bits per heavy atom. The summed E-state index contributed by atoms with van der Waals surface area (Å²) in [4.78, 5) is 12.5. The molecule has 0 radical (unpaired) electrons. The van der Waals surface area contributed by atoms with Gasteiger partial charge in [0.2, 0.25) is 0 Å². The maximum atomic E-state index is 13.4. The highest BCUT2D eigenvalue weighted by atomic mass is 32.2. The number of hydrogen-bond donors (Lipinski definition) is 2. The van der Waals surface area contributed by atoms with E-state index < -0.39 is 0 Å². The smallest absolute Gasteiger partial charge is 0.166 e. The normalized spacial score (nSPS) is 10.8. The molecule has 0 saturated heterocycles. The molecule has 0 spiro atoms. The van der Waals surface area contributed by atoms with Gasteiger partial charge in [0.25, 0.3) is 0 Å². The molecule has 4 aromatic rings. The van der Waals surface area contributed by atoms with Gasteiger partial charge in [-0.25, -0.2) is 14.4 Å². The van der Waals surface area contributed by atoms with E-state index in [9.17, 15) is 4.39 Å². The number of methoxy groups -OCH3 is 1. The first-order valence-corrected chi connectivity index (χ1v) is 10.6. The minimum absolute atomic E-state index is 0.265. The van der Waals surface area contributed by atoms with Gasteiger partial charge in [0.15, 0.2) is 5.16 Å². The van der Waals surface area contributed by atoms with Gasteiger partial charge in [0.1, 0.15) is 17.4 Å². The molecule has 0 saturated carbocycles. The van der Waals surface area contributed by atoms with Crippen LogP contribution >= 0.6 is 11.8 Å². The quantitative estimate of drug-likeness (QED) is 0.380. The van der Waals surface area contributed by atoms with Gasteiger partial charge < -0.3 is 15.0 Å². The number of imidazole rings is 1. The third-order valence-corrected chi connectivity index (χ3v) is 5.25. The van der Waals surface area contributed by atoms with Crippen LogP contribution in [0.25, 0.3) is 22.5 Å². The second-order valence-corrected chi connectivity index (χ2v) is 7.40. The Hall–Kier alpha value is -3.32. The van der Waals surface area contributed by atoms with Crippen LogP contribution in [0.4, 0.5) is 10.2 Å². The molecule has 5 nitrogen and oxygen atoms in total. The lowest BCUT2D eigenvalue weighted by molar-refractivity contribution is 0.414. The number of anilines is 1. The van der Waals surface area contributed by atoms with Crippen molar-refractivity contribution in [2.24, 2.45) is 0 Å². The van der Waals surface area contributed by atoms with Gasteiger partial charge in [0, 0.05) is 23.9 Å². The molecule has 0 bridgehead atoms. The van der Waals surface area contributed by atoms with Crippen LogP contribution in [0.1, 0.15) is 5.56 Å². The average molecular weight is 421 g/mol. The summed E-state index contributed by atoms with van der Waals surface area (Å²) in [5.41, 5.74) is 4.59. The lowest BCUT2D eigenvalue weighted by Gasteiger charge is -2.09. The van der Waals surface area contributed by atoms with Gasteiger partial charge in [-0.3, -0.25) is 0 Å². The highest BCUT2D eigenvalue weighted by Gasteiger charge is 2.15. The van der Waals surface area contributed by atoms with Crippen LogP contribution in [0.2, 0.25) is 0 Å². The SMILES string of the molecule is COc1ccc(CNc2cc(-c3nc(SC)[nH]c3-c3ccc(F)cc3)ccn2)cc1. The molecule has 2 aromatic carbocycles. The number of benzene rings is 2. The second kappa shape index (κ2) is 9.00. The maximum absolute atomic E-state index is 13.4. The zero-order valence-corrected chi connectivity index (χ0v) is 17.5. The van der Waals surface area contributed by atoms with E-state index in [0.717, 1.165) is 44.8 Å². The molecule has 0 atom stereocenters. The molecule has 4 rings (SSSR count). The summed E-state index contributed by atoms with van der Waals surface area (Å²) >= 11 is 1.53. The van der Waals surface area contributed by atoms with Gasteiger partial charge in [-0.1, -0.05) is 23.9 Å². The third-order valence-electron chi connectivity index (χ3n) is 4.67. The monoisotopic (exact) mass is 420 g/mol. The van der Waals surface area contributed by atoms with E-state index in [-0.39, 0.29) is 5.82 Å². The van der Waals surface area contributed by atoms with Crippen molar-refractivity contribution in [2.75, 3.05) is 18.7 Å². The van der Waals surface area contributed by atoms with Crippen molar-refractivity contribution in [2.45, 2.75) is 11.7 Å². The number of rotatable bonds is 7. The number of ether oxygens (including phenoxy) is 1. The molecule has 7 heteroatoms. The Morgan fingerprint density at radius 1 is 1.03 bits per heavy atom. The van der Waals surface area contributed by atoms with Crippen LogP contribution in [0, 0.1) is 5.82 Å². The summed E-state index contributed by atoms with van der Waals surface area (Å²) in [5.74, 6) is 1.32. The van der Waals surface area contributed by atoms with E-state index in [0.29, 0.717) is 6.54 Å². The van der Waals surface area contributed by atoms with E-state index in [1.165, 1.54) is 23.9 Å². The van der Waals surface area contributed by atoms with Crippen LogP contribution in [0.3, 0.4) is 0 Å². The maximum Gasteiger partial charge on any atom is 0.166 e. The summed E-state index contributed by atoms with van der Waals surface area (Å²) < 4.78 is 18.6. The second-order valence-electron chi connectivity index (χ2n) is 6.61. The topological polar surface area (TPSA) is 62.8 Å². The van der Waals surface area contributed by atoms with Gasteiger partial charge in [-0.2, -0.15) is 0 Å². The number of nitrogens with one attached hydrogen (secondary N) is 2. The average Bonchev–Trinajstić information content (AvgIpc) is 3.23. The molecule has 0 aliphatic carbocycles. The highest BCUT2D eigenvalue weighted by Crippen LogP contribution is 2.33. The number of nitrogens with zero attached hydrogens (tertiary/aromatic N) is 2. The molecule has 2 N–H and O–H groups in total. The van der Waals surface area contributed by atoms with E-state index in [4.69, 9.17) is 9.72 Å². The predicted octanol–water partition coefficient (Wildman–Crippen LogP) is 5.62. The van der Waals surface area contributed by atoms with Gasteiger partial charge in [-0.05, 0) is 60.4 Å². The molecule has 0 fully saturated rings. The largest absolute Gasteiger partial charge is 0.497 e. The molecule has 2 aromatic heterocycles. The number of aromatic nitrogens is 3. The van der Waals surface area contributed by atoms with Crippen LogP contribution in [0.15, 0.2) is 72.0 Å². The lowest BCUT2D eigenvalue weighted by atomic mass is 10.1. The molecular formula is C23H21FN4OS. The van der Waals surface area contributed by atoms with Crippen molar-refractivity contribution in [3.8, 4) is 28.3 Å². The fourth-order valence-corrected chi connectivity index (χ4v) is 3.48. The van der Waals surface area contributed by atoms with Crippen molar-refractivity contribution in [3.05, 3.63) is 78.2 Å². The number of aromatic amines is 1. The Kier molecular flexibility index (Phi) is 5.99. The van der Waals surface area contributed by atoms with Gasteiger partial charge in [0.05, 0.1) is 18.5 Å². The van der Waals surface area contributed by atoms with Gasteiger partial charge >= 0.3 is 0 Å². The van der Waals surface area contributed by atoms with Crippen molar-refractivity contribution in [1.82, 2.24) is 15.0 Å². The molecule has 0 aliphatic rings. The summed E-state index contributed by atoms with van der Waals surface area (Å²) in [6, 6.07) is 18.2. The van der Waals surface area contributed by atoms with Crippen LogP contribution < -0.4 is 10.1 Å². The zero-order chi connectivity index (χ0) is 20.9. The molecule has 2 heterocycles. The first kappa shape index (κ1) is 20.0. The van der Waals surface area contributed by atoms with Gasteiger partial charge in [-0.15, -0.1) is 0 Å². The number of H-pyrrole nitrogens is 1.